The molecular weight excluding hydrogens is 248 g/mol. The van der Waals surface area contributed by atoms with Crippen LogP contribution in [0.1, 0.15) is 31.9 Å². The quantitative estimate of drug-likeness (QED) is 0.902. The van der Waals surface area contributed by atoms with Crippen molar-refractivity contribution in [2.24, 2.45) is 0 Å². The summed E-state index contributed by atoms with van der Waals surface area (Å²) in [7, 11) is 0. The Kier molecular flexibility index (Phi) is 4.74. The zero-order chi connectivity index (χ0) is 14.4. The summed E-state index contributed by atoms with van der Waals surface area (Å²) in [5, 5.41) is 3.48. The van der Waals surface area contributed by atoms with Crippen LogP contribution >= 0.6 is 0 Å². The first-order valence-corrected chi connectivity index (χ1v) is 6.89. The smallest absolute Gasteiger partial charge is 0.124 e. The topological polar surface area (TPSA) is 34.1 Å². The van der Waals surface area contributed by atoms with E-state index in [4.69, 9.17) is 4.74 Å². The molecule has 0 fully saturated rings. The number of ether oxygens (including phenoxy) is 1. The highest BCUT2D eigenvalue weighted by Gasteiger charge is 2.10. The molecule has 3 nitrogen and oxygen atoms in total. The van der Waals surface area contributed by atoms with E-state index in [1.165, 1.54) is 5.56 Å². The summed E-state index contributed by atoms with van der Waals surface area (Å²) in [6.07, 6.45) is 3.60. The lowest BCUT2D eigenvalue weighted by Gasteiger charge is -2.21. The molecule has 0 saturated carbocycles. The number of aromatic nitrogens is 1. The van der Waals surface area contributed by atoms with Crippen molar-refractivity contribution in [3.63, 3.8) is 0 Å². The summed E-state index contributed by atoms with van der Waals surface area (Å²) in [5.41, 5.74) is 2.34. The van der Waals surface area contributed by atoms with Gasteiger partial charge >= 0.3 is 0 Å². The van der Waals surface area contributed by atoms with Crippen molar-refractivity contribution in [2.45, 2.75) is 39.5 Å². The molecule has 1 aromatic heterocycles. The summed E-state index contributed by atoms with van der Waals surface area (Å²) < 4.78 is 5.91. The van der Waals surface area contributed by atoms with E-state index >= 15 is 0 Å². The van der Waals surface area contributed by atoms with Gasteiger partial charge in [-0.1, -0.05) is 24.3 Å². The molecule has 0 amide bonds. The Hall–Kier alpha value is -1.87. The van der Waals surface area contributed by atoms with Gasteiger partial charge in [-0.05, 0) is 32.9 Å². The van der Waals surface area contributed by atoms with Crippen LogP contribution in [0.4, 0.5) is 0 Å². The molecule has 1 N–H and O–H groups in total. The fourth-order valence-electron chi connectivity index (χ4n) is 1.80. The van der Waals surface area contributed by atoms with Crippen molar-refractivity contribution in [1.82, 2.24) is 10.3 Å². The van der Waals surface area contributed by atoms with E-state index < -0.39 is 0 Å². The Balaban J connectivity index is 2.01. The third-order valence-corrected chi connectivity index (χ3v) is 2.90. The van der Waals surface area contributed by atoms with Crippen LogP contribution in [0.2, 0.25) is 0 Å². The minimum absolute atomic E-state index is 0.0937. The van der Waals surface area contributed by atoms with Crippen LogP contribution in [0.15, 0.2) is 48.8 Å². The van der Waals surface area contributed by atoms with Crippen molar-refractivity contribution in [1.29, 1.82) is 0 Å². The van der Waals surface area contributed by atoms with Crippen molar-refractivity contribution < 1.29 is 4.74 Å². The maximum atomic E-state index is 5.91. The zero-order valence-corrected chi connectivity index (χ0v) is 12.4. The summed E-state index contributed by atoms with van der Waals surface area (Å²) in [6, 6.07) is 12.1. The van der Waals surface area contributed by atoms with Gasteiger partial charge in [0.1, 0.15) is 12.4 Å². The van der Waals surface area contributed by atoms with Crippen molar-refractivity contribution in [2.75, 3.05) is 0 Å². The van der Waals surface area contributed by atoms with Gasteiger partial charge in [-0.25, -0.2) is 0 Å². The second-order valence-electron chi connectivity index (χ2n) is 5.86. The molecule has 0 aliphatic carbocycles. The Morgan fingerprint density at radius 2 is 1.90 bits per heavy atom. The third kappa shape index (κ3) is 4.67. The van der Waals surface area contributed by atoms with Crippen LogP contribution in [-0.4, -0.2) is 10.5 Å². The average molecular weight is 270 g/mol. The van der Waals surface area contributed by atoms with E-state index in [2.05, 4.69) is 37.1 Å². The largest absolute Gasteiger partial charge is 0.489 e. The van der Waals surface area contributed by atoms with Gasteiger partial charge in [-0.2, -0.15) is 0 Å². The molecule has 1 aromatic carbocycles. The van der Waals surface area contributed by atoms with Gasteiger partial charge in [-0.15, -0.1) is 0 Å². The van der Waals surface area contributed by atoms with E-state index in [0.717, 1.165) is 17.9 Å². The highest BCUT2D eigenvalue weighted by atomic mass is 16.5. The zero-order valence-electron chi connectivity index (χ0n) is 12.4. The molecule has 2 aromatic rings. The average Bonchev–Trinajstić information content (AvgIpc) is 2.44. The molecule has 20 heavy (non-hydrogen) atoms. The number of para-hydroxylation sites is 1. The highest BCUT2D eigenvalue weighted by molar-refractivity contribution is 5.33. The molecule has 0 aliphatic heterocycles. The predicted molar refractivity (Wildman–Crippen MR) is 81.6 cm³/mol. The molecule has 0 atom stereocenters. The molecule has 0 unspecified atom stereocenters. The van der Waals surface area contributed by atoms with Gasteiger partial charge in [0, 0.05) is 35.6 Å². The second kappa shape index (κ2) is 6.53. The number of rotatable bonds is 5. The monoisotopic (exact) mass is 270 g/mol. The van der Waals surface area contributed by atoms with Crippen LogP contribution in [0.3, 0.4) is 0 Å². The van der Waals surface area contributed by atoms with Crippen molar-refractivity contribution in [3.8, 4) is 5.75 Å². The van der Waals surface area contributed by atoms with Gasteiger partial charge in [0.25, 0.3) is 0 Å². The molecule has 0 spiro atoms. The van der Waals surface area contributed by atoms with Crippen molar-refractivity contribution in [3.05, 3.63) is 59.9 Å². The summed E-state index contributed by atoms with van der Waals surface area (Å²) in [5.74, 6) is 0.924. The molecule has 0 aliphatic rings. The minimum Gasteiger partial charge on any atom is -0.489 e. The van der Waals surface area contributed by atoms with Gasteiger partial charge < -0.3 is 10.1 Å². The van der Waals surface area contributed by atoms with Crippen LogP contribution in [0.25, 0.3) is 0 Å². The molecule has 1 heterocycles. The van der Waals surface area contributed by atoms with E-state index in [1.807, 2.05) is 36.5 Å². The summed E-state index contributed by atoms with van der Waals surface area (Å²) >= 11 is 0. The summed E-state index contributed by atoms with van der Waals surface area (Å²) in [4.78, 5) is 4.10. The Morgan fingerprint density at radius 3 is 2.60 bits per heavy atom. The number of pyridine rings is 1. The molecule has 0 saturated heterocycles. The molecule has 0 radical (unpaired) electrons. The van der Waals surface area contributed by atoms with Crippen LogP contribution in [0, 0.1) is 0 Å². The van der Waals surface area contributed by atoms with Gasteiger partial charge in [0.15, 0.2) is 0 Å². The first kappa shape index (κ1) is 14.5. The van der Waals surface area contributed by atoms with Gasteiger partial charge in [-0.3, -0.25) is 4.98 Å². The first-order chi connectivity index (χ1) is 9.54. The maximum Gasteiger partial charge on any atom is 0.124 e. The van der Waals surface area contributed by atoms with Crippen molar-refractivity contribution >= 4 is 0 Å². The van der Waals surface area contributed by atoms with E-state index in [1.54, 1.807) is 6.20 Å². The molecule has 106 valence electrons. The SMILES string of the molecule is CC(C)(C)NCc1ccccc1OCc1cccnc1. The number of benzene rings is 1. The second-order valence-corrected chi connectivity index (χ2v) is 5.86. The molecule has 3 heteroatoms. The Morgan fingerprint density at radius 1 is 1.10 bits per heavy atom. The Bertz CT molecular complexity index is 532. The first-order valence-electron chi connectivity index (χ1n) is 6.89. The maximum absolute atomic E-state index is 5.91. The lowest BCUT2D eigenvalue weighted by atomic mass is 10.1. The molecule has 2 rings (SSSR count). The fraction of sp³-hybridized carbons (Fsp3) is 0.353. The standard InChI is InChI=1S/C17H22N2O/c1-17(2,3)19-12-15-8-4-5-9-16(15)20-13-14-7-6-10-18-11-14/h4-11,19H,12-13H2,1-3H3. The summed E-state index contributed by atoms with van der Waals surface area (Å²) in [6.45, 7) is 7.82. The van der Waals surface area contributed by atoms with E-state index in [-0.39, 0.29) is 5.54 Å². The van der Waals surface area contributed by atoms with Crippen LogP contribution < -0.4 is 10.1 Å². The predicted octanol–water partition coefficient (Wildman–Crippen LogP) is 3.55. The van der Waals surface area contributed by atoms with Gasteiger partial charge in [0.2, 0.25) is 0 Å². The number of nitrogens with one attached hydrogen (secondary N) is 1. The van der Waals surface area contributed by atoms with E-state index in [0.29, 0.717) is 6.61 Å². The third-order valence-electron chi connectivity index (χ3n) is 2.90. The van der Waals surface area contributed by atoms with Crippen LogP contribution in [0.5, 0.6) is 5.75 Å². The lowest BCUT2D eigenvalue weighted by molar-refractivity contribution is 0.299. The fourth-order valence-corrected chi connectivity index (χ4v) is 1.80. The Labute approximate surface area is 121 Å². The molecular formula is C17H22N2O. The molecule has 0 bridgehead atoms. The number of hydrogen-bond acceptors (Lipinski definition) is 3. The number of hydrogen-bond donors (Lipinski definition) is 1. The normalized spacial score (nSPS) is 11.3. The minimum atomic E-state index is 0.0937. The van der Waals surface area contributed by atoms with Crippen LogP contribution in [-0.2, 0) is 13.2 Å². The number of nitrogens with zero attached hydrogens (tertiary/aromatic N) is 1. The van der Waals surface area contributed by atoms with Gasteiger partial charge in [0.05, 0.1) is 0 Å². The van der Waals surface area contributed by atoms with E-state index in [9.17, 15) is 0 Å². The lowest BCUT2D eigenvalue weighted by Crippen LogP contribution is -2.35. The highest BCUT2D eigenvalue weighted by Crippen LogP contribution is 2.20.